The van der Waals surface area contributed by atoms with Crippen molar-refractivity contribution in [3.63, 3.8) is 0 Å². The Labute approximate surface area is 105 Å². The SMILES string of the molecule is O=C1CS(=O)(=O)c2cc(-c3ccccc3)ccc21. The fourth-order valence-corrected chi connectivity index (χ4v) is 3.63. The number of fused-ring (bicyclic) bond motifs is 1. The lowest BCUT2D eigenvalue weighted by molar-refractivity contribution is 0.102. The molecule has 4 heteroatoms. The third kappa shape index (κ3) is 1.66. The standard InChI is InChI=1S/C14H10O3S/c15-13-9-18(16,17)14-8-11(6-7-12(13)14)10-4-2-1-3-5-10/h1-8H,9H2. The molecule has 3 nitrogen and oxygen atoms in total. The van der Waals surface area contributed by atoms with Crippen LogP contribution in [0.2, 0.25) is 0 Å². The van der Waals surface area contributed by atoms with Crippen molar-refractivity contribution in [2.45, 2.75) is 4.90 Å². The van der Waals surface area contributed by atoms with E-state index in [9.17, 15) is 13.2 Å². The van der Waals surface area contributed by atoms with Gasteiger partial charge in [0, 0.05) is 5.56 Å². The van der Waals surface area contributed by atoms with E-state index in [0.717, 1.165) is 11.1 Å². The van der Waals surface area contributed by atoms with Gasteiger partial charge in [-0.2, -0.15) is 0 Å². The van der Waals surface area contributed by atoms with Gasteiger partial charge in [-0.1, -0.05) is 36.4 Å². The summed E-state index contributed by atoms with van der Waals surface area (Å²) in [7, 11) is -3.43. The van der Waals surface area contributed by atoms with E-state index < -0.39 is 15.6 Å². The van der Waals surface area contributed by atoms with Crippen molar-refractivity contribution in [3.05, 3.63) is 54.1 Å². The van der Waals surface area contributed by atoms with E-state index in [0.29, 0.717) is 5.56 Å². The number of Topliss-reactive ketones (excluding diaryl/α,β-unsaturated/α-hetero) is 1. The van der Waals surface area contributed by atoms with Gasteiger partial charge in [-0.15, -0.1) is 0 Å². The second kappa shape index (κ2) is 3.78. The zero-order chi connectivity index (χ0) is 12.8. The highest BCUT2D eigenvalue weighted by Crippen LogP contribution is 2.30. The summed E-state index contributed by atoms with van der Waals surface area (Å²) in [4.78, 5) is 11.7. The Morgan fingerprint density at radius 3 is 2.33 bits per heavy atom. The van der Waals surface area contributed by atoms with Gasteiger partial charge < -0.3 is 0 Å². The molecule has 18 heavy (non-hydrogen) atoms. The molecule has 0 radical (unpaired) electrons. The average molecular weight is 258 g/mol. The first-order valence-corrected chi connectivity index (χ1v) is 7.18. The fourth-order valence-electron chi connectivity index (χ4n) is 2.15. The molecule has 0 unspecified atom stereocenters. The van der Waals surface area contributed by atoms with E-state index in [1.54, 1.807) is 18.2 Å². The summed E-state index contributed by atoms with van der Waals surface area (Å²) < 4.78 is 23.7. The van der Waals surface area contributed by atoms with Crippen LogP contribution in [-0.4, -0.2) is 20.0 Å². The summed E-state index contributed by atoms with van der Waals surface area (Å²) in [5.41, 5.74) is 2.07. The number of hydrogen-bond donors (Lipinski definition) is 0. The van der Waals surface area contributed by atoms with Crippen LogP contribution in [-0.2, 0) is 9.84 Å². The van der Waals surface area contributed by atoms with Crippen LogP contribution in [0.5, 0.6) is 0 Å². The molecule has 2 aromatic carbocycles. The first kappa shape index (κ1) is 11.2. The molecule has 0 saturated carbocycles. The van der Waals surface area contributed by atoms with Crippen molar-refractivity contribution in [1.29, 1.82) is 0 Å². The van der Waals surface area contributed by atoms with E-state index in [-0.39, 0.29) is 10.7 Å². The Morgan fingerprint density at radius 1 is 0.889 bits per heavy atom. The van der Waals surface area contributed by atoms with Crippen LogP contribution < -0.4 is 0 Å². The molecule has 0 amide bonds. The smallest absolute Gasteiger partial charge is 0.186 e. The monoisotopic (exact) mass is 258 g/mol. The molecule has 0 atom stereocenters. The number of carbonyl (C=O) groups is 1. The molecule has 0 aliphatic carbocycles. The largest absolute Gasteiger partial charge is 0.293 e. The number of rotatable bonds is 1. The maximum Gasteiger partial charge on any atom is 0.186 e. The minimum Gasteiger partial charge on any atom is -0.293 e. The predicted octanol–water partition coefficient (Wildman–Crippen LogP) is 2.32. The summed E-state index contributed by atoms with van der Waals surface area (Å²) >= 11 is 0. The second-order valence-corrected chi connectivity index (χ2v) is 6.22. The zero-order valence-electron chi connectivity index (χ0n) is 9.46. The Bertz CT molecular complexity index is 731. The molecule has 3 rings (SSSR count). The normalized spacial score (nSPS) is 16.6. The fraction of sp³-hybridized carbons (Fsp3) is 0.0714. The van der Waals surface area contributed by atoms with E-state index >= 15 is 0 Å². The molecule has 1 heterocycles. The van der Waals surface area contributed by atoms with Crippen LogP contribution in [0.3, 0.4) is 0 Å². The Balaban J connectivity index is 2.22. The Hall–Kier alpha value is -1.94. The van der Waals surface area contributed by atoms with E-state index in [1.807, 2.05) is 30.3 Å². The van der Waals surface area contributed by atoms with E-state index in [4.69, 9.17) is 0 Å². The van der Waals surface area contributed by atoms with Crippen molar-refractivity contribution >= 4 is 15.6 Å². The van der Waals surface area contributed by atoms with Gasteiger partial charge in [0.05, 0.1) is 4.90 Å². The van der Waals surface area contributed by atoms with Crippen LogP contribution in [0, 0.1) is 0 Å². The van der Waals surface area contributed by atoms with Gasteiger partial charge in [0.1, 0.15) is 5.75 Å². The average Bonchev–Trinajstić information content (AvgIpc) is 2.61. The minimum absolute atomic E-state index is 0.161. The van der Waals surface area contributed by atoms with Crippen LogP contribution in [0.25, 0.3) is 11.1 Å². The molecule has 1 aliphatic rings. The summed E-state index contributed by atoms with van der Waals surface area (Å²) in [6.07, 6.45) is 0. The summed E-state index contributed by atoms with van der Waals surface area (Å²) in [5, 5.41) is 0. The molecule has 90 valence electrons. The number of hydrogen-bond acceptors (Lipinski definition) is 3. The van der Waals surface area contributed by atoms with Crippen LogP contribution in [0.1, 0.15) is 10.4 Å². The molecule has 0 saturated heterocycles. The summed E-state index contributed by atoms with van der Waals surface area (Å²) in [6, 6.07) is 14.5. The highest BCUT2D eigenvalue weighted by molar-refractivity contribution is 7.92. The predicted molar refractivity (Wildman–Crippen MR) is 68.3 cm³/mol. The number of sulfone groups is 1. The molecular formula is C14H10O3S. The van der Waals surface area contributed by atoms with Gasteiger partial charge in [-0.05, 0) is 23.3 Å². The molecule has 0 bridgehead atoms. The van der Waals surface area contributed by atoms with Crippen molar-refractivity contribution in [1.82, 2.24) is 0 Å². The number of benzene rings is 2. The quantitative estimate of drug-likeness (QED) is 0.788. The lowest BCUT2D eigenvalue weighted by Crippen LogP contribution is -2.03. The topological polar surface area (TPSA) is 51.2 Å². The first-order valence-electron chi connectivity index (χ1n) is 5.53. The molecular weight excluding hydrogens is 248 g/mol. The van der Waals surface area contributed by atoms with Crippen molar-refractivity contribution < 1.29 is 13.2 Å². The van der Waals surface area contributed by atoms with Crippen molar-refractivity contribution in [3.8, 4) is 11.1 Å². The Morgan fingerprint density at radius 2 is 1.61 bits per heavy atom. The van der Waals surface area contributed by atoms with Gasteiger partial charge in [-0.3, -0.25) is 4.79 Å². The molecule has 1 aliphatic heterocycles. The Kier molecular flexibility index (Phi) is 2.35. The number of carbonyl (C=O) groups excluding carboxylic acids is 1. The summed E-state index contributed by atoms with van der Waals surface area (Å²) in [5.74, 6) is -0.717. The number of ketones is 1. The maximum atomic E-state index is 11.8. The molecule has 0 N–H and O–H groups in total. The molecule has 0 fully saturated rings. The van der Waals surface area contributed by atoms with Crippen LogP contribution >= 0.6 is 0 Å². The zero-order valence-corrected chi connectivity index (χ0v) is 10.3. The van der Waals surface area contributed by atoms with E-state index in [2.05, 4.69) is 0 Å². The lowest BCUT2D eigenvalue weighted by Gasteiger charge is -2.03. The molecule has 0 spiro atoms. The van der Waals surface area contributed by atoms with Crippen molar-refractivity contribution in [2.24, 2.45) is 0 Å². The first-order chi connectivity index (χ1) is 8.58. The molecule has 0 aromatic heterocycles. The second-order valence-electron chi connectivity index (χ2n) is 4.26. The van der Waals surface area contributed by atoms with Gasteiger partial charge in [0.2, 0.25) is 0 Å². The van der Waals surface area contributed by atoms with Gasteiger partial charge in [0.25, 0.3) is 0 Å². The molecule has 2 aromatic rings. The highest BCUT2D eigenvalue weighted by atomic mass is 32.2. The summed E-state index contributed by atoms with van der Waals surface area (Å²) in [6.45, 7) is 0. The lowest BCUT2D eigenvalue weighted by atomic mass is 10.0. The van der Waals surface area contributed by atoms with Gasteiger partial charge in [0.15, 0.2) is 15.6 Å². The van der Waals surface area contributed by atoms with Gasteiger partial charge in [-0.25, -0.2) is 8.42 Å². The third-order valence-electron chi connectivity index (χ3n) is 3.05. The van der Waals surface area contributed by atoms with Crippen LogP contribution in [0.15, 0.2) is 53.4 Å². The van der Waals surface area contributed by atoms with Crippen LogP contribution in [0.4, 0.5) is 0 Å². The minimum atomic E-state index is -3.43. The van der Waals surface area contributed by atoms with Gasteiger partial charge >= 0.3 is 0 Å². The van der Waals surface area contributed by atoms with Crippen molar-refractivity contribution in [2.75, 3.05) is 5.75 Å². The highest BCUT2D eigenvalue weighted by Gasteiger charge is 2.33. The van der Waals surface area contributed by atoms with E-state index in [1.165, 1.54) is 0 Å². The third-order valence-corrected chi connectivity index (χ3v) is 4.70. The maximum absolute atomic E-state index is 11.8.